The maximum atomic E-state index is 12.6. The SMILES string of the molecule is COc1ccc(O[C@@H](C)C(=O)Nc2ccccc2N2CCCCC2)cc1. The van der Waals surface area contributed by atoms with Gasteiger partial charge < -0.3 is 19.7 Å². The highest BCUT2D eigenvalue weighted by Gasteiger charge is 2.19. The van der Waals surface area contributed by atoms with Gasteiger partial charge in [0.1, 0.15) is 11.5 Å². The Balaban J connectivity index is 1.65. The molecular weight excluding hydrogens is 328 g/mol. The number of anilines is 2. The van der Waals surface area contributed by atoms with E-state index in [1.165, 1.54) is 19.3 Å². The lowest BCUT2D eigenvalue weighted by Crippen LogP contribution is -2.33. The number of carbonyl (C=O) groups is 1. The number of methoxy groups -OCH3 is 1. The summed E-state index contributed by atoms with van der Waals surface area (Å²) < 4.78 is 10.9. The highest BCUT2D eigenvalue weighted by molar-refractivity contribution is 5.97. The number of piperidine rings is 1. The first kappa shape index (κ1) is 18.1. The number of hydrogen-bond acceptors (Lipinski definition) is 4. The molecule has 0 unspecified atom stereocenters. The van der Waals surface area contributed by atoms with Crippen LogP contribution in [0.15, 0.2) is 48.5 Å². The minimum Gasteiger partial charge on any atom is -0.497 e. The molecule has 0 aliphatic carbocycles. The monoisotopic (exact) mass is 354 g/mol. The Hall–Kier alpha value is -2.69. The number of carbonyl (C=O) groups excluding carboxylic acids is 1. The van der Waals surface area contributed by atoms with Gasteiger partial charge in [-0.05, 0) is 62.6 Å². The molecule has 26 heavy (non-hydrogen) atoms. The molecule has 1 atom stereocenters. The second-order valence-corrected chi connectivity index (χ2v) is 6.49. The zero-order valence-corrected chi connectivity index (χ0v) is 15.4. The van der Waals surface area contributed by atoms with Gasteiger partial charge in [-0.2, -0.15) is 0 Å². The van der Waals surface area contributed by atoms with Crippen molar-refractivity contribution in [2.24, 2.45) is 0 Å². The number of para-hydroxylation sites is 2. The van der Waals surface area contributed by atoms with Gasteiger partial charge in [-0.3, -0.25) is 4.79 Å². The molecule has 0 spiro atoms. The topological polar surface area (TPSA) is 50.8 Å². The van der Waals surface area contributed by atoms with Crippen molar-refractivity contribution >= 4 is 17.3 Å². The van der Waals surface area contributed by atoms with Crippen molar-refractivity contribution in [2.45, 2.75) is 32.3 Å². The fraction of sp³-hybridized carbons (Fsp3) is 0.381. The van der Waals surface area contributed by atoms with Crippen molar-refractivity contribution in [3.8, 4) is 11.5 Å². The van der Waals surface area contributed by atoms with Crippen LogP contribution in [-0.2, 0) is 4.79 Å². The van der Waals surface area contributed by atoms with Gasteiger partial charge in [0.25, 0.3) is 5.91 Å². The summed E-state index contributed by atoms with van der Waals surface area (Å²) in [5, 5.41) is 3.02. The van der Waals surface area contributed by atoms with E-state index in [0.717, 1.165) is 30.2 Å². The van der Waals surface area contributed by atoms with Gasteiger partial charge in [-0.15, -0.1) is 0 Å². The molecule has 1 N–H and O–H groups in total. The number of nitrogens with zero attached hydrogens (tertiary/aromatic N) is 1. The molecule has 0 saturated carbocycles. The minimum absolute atomic E-state index is 0.162. The van der Waals surface area contributed by atoms with E-state index in [0.29, 0.717) is 5.75 Å². The standard InChI is InChI=1S/C21H26N2O3/c1-16(26-18-12-10-17(25-2)11-13-18)21(24)22-19-8-4-5-9-20(19)23-14-6-3-7-15-23/h4-5,8-13,16H,3,6-7,14-15H2,1-2H3,(H,22,24)/t16-/m0/s1. The van der Waals surface area contributed by atoms with Gasteiger partial charge in [0.2, 0.25) is 0 Å². The lowest BCUT2D eigenvalue weighted by Gasteiger charge is -2.30. The van der Waals surface area contributed by atoms with Crippen molar-refractivity contribution in [1.82, 2.24) is 0 Å². The number of ether oxygens (including phenoxy) is 2. The summed E-state index contributed by atoms with van der Waals surface area (Å²) in [6.07, 6.45) is 3.06. The van der Waals surface area contributed by atoms with Crippen molar-refractivity contribution in [3.05, 3.63) is 48.5 Å². The van der Waals surface area contributed by atoms with Crippen LogP contribution in [0.3, 0.4) is 0 Å². The fourth-order valence-electron chi connectivity index (χ4n) is 3.14. The lowest BCUT2D eigenvalue weighted by molar-refractivity contribution is -0.122. The van der Waals surface area contributed by atoms with E-state index in [1.807, 2.05) is 30.3 Å². The highest BCUT2D eigenvalue weighted by atomic mass is 16.5. The summed E-state index contributed by atoms with van der Waals surface area (Å²) in [6, 6.07) is 15.2. The molecular formula is C21H26N2O3. The maximum Gasteiger partial charge on any atom is 0.265 e. The van der Waals surface area contributed by atoms with Gasteiger partial charge >= 0.3 is 0 Å². The van der Waals surface area contributed by atoms with E-state index < -0.39 is 6.10 Å². The molecule has 1 aliphatic rings. The average Bonchev–Trinajstić information content (AvgIpc) is 2.69. The number of hydrogen-bond donors (Lipinski definition) is 1. The lowest BCUT2D eigenvalue weighted by atomic mass is 10.1. The van der Waals surface area contributed by atoms with E-state index in [4.69, 9.17) is 9.47 Å². The summed E-state index contributed by atoms with van der Waals surface area (Å²) in [7, 11) is 1.62. The van der Waals surface area contributed by atoms with Gasteiger partial charge in [0, 0.05) is 13.1 Å². The van der Waals surface area contributed by atoms with Gasteiger partial charge in [-0.1, -0.05) is 12.1 Å². The number of rotatable bonds is 6. The summed E-state index contributed by atoms with van der Waals surface area (Å²) in [5.74, 6) is 1.23. The Morgan fingerprint density at radius 3 is 2.35 bits per heavy atom. The molecule has 1 heterocycles. The summed E-state index contributed by atoms with van der Waals surface area (Å²) >= 11 is 0. The van der Waals surface area contributed by atoms with Crippen LogP contribution in [0, 0.1) is 0 Å². The number of nitrogens with one attached hydrogen (secondary N) is 1. The van der Waals surface area contributed by atoms with E-state index in [1.54, 1.807) is 26.2 Å². The second-order valence-electron chi connectivity index (χ2n) is 6.49. The Morgan fingerprint density at radius 2 is 1.65 bits per heavy atom. The molecule has 5 heteroatoms. The van der Waals surface area contributed by atoms with Crippen LogP contribution >= 0.6 is 0 Å². The molecule has 0 aromatic heterocycles. The normalized spacial score (nSPS) is 15.2. The largest absolute Gasteiger partial charge is 0.497 e. The van der Waals surface area contributed by atoms with Crippen molar-refractivity contribution < 1.29 is 14.3 Å². The molecule has 1 saturated heterocycles. The summed E-state index contributed by atoms with van der Waals surface area (Å²) in [4.78, 5) is 14.9. The highest BCUT2D eigenvalue weighted by Crippen LogP contribution is 2.28. The molecule has 1 fully saturated rings. The Labute approximate surface area is 154 Å². The van der Waals surface area contributed by atoms with Crippen LogP contribution < -0.4 is 19.7 Å². The average molecular weight is 354 g/mol. The molecule has 0 bridgehead atoms. The third kappa shape index (κ3) is 4.48. The summed E-state index contributed by atoms with van der Waals surface area (Å²) in [6.45, 7) is 3.82. The first-order chi connectivity index (χ1) is 12.7. The van der Waals surface area contributed by atoms with Crippen molar-refractivity contribution in [3.63, 3.8) is 0 Å². The first-order valence-electron chi connectivity index (χ1n) is 9.13. The minimum atomic E-state index is -0.599. The van der Waals surface area contributed by atoms with Crippen LogP contribution in [0.4, 0.5) is 11.4 Å². The van der Waals surface area contributed by atoms with Gasteiger partial charge in [-0.25, -0.2) is 0 Å². The molecule has 3 rings (SSSR count). The molecule has 138 valence electrons. The molecule has 2 aromatic rings. The molecule has 0 radical (unpaired) electrons. The molecule has 2 aromatic carbocycles. The smallest absolute Gasteiger partial charge is 0.265 e. The quantitative estimate of drug-likeness (QED) is 0.849. The summed E-state index contributed by atoms with van der Waals surface area (Å²) in [5.41, 5.74) is 1.92. The van der Waals surface area contributed by atoms with E-state index in [-0.39, 0.29) is 5.91 Å². The second kappa shape index (κ2) is 8.61. The Morgan fingerprint density at radius 1 is 1.00 bits per heavy atom. The predicted octanol–water partition coefficient (Wildman–Crippen LogP) is 4.09. The van der Waals surface area contributed by atoms with Crippen molar-refractivity contribution in [2.75, 3.05) is 30.4 Å². The van der Waals surface area contributed by atoms with E-state index >= 15 is 0 Å². The fourth-order valence-corrected chi connectivity index (χ4v) is 3.14. The predicted molar refractivity (Wildman–Crippen MR) is 104 cm³/mol. The van der Waals surface area contributed by atoms with Crippen LogP contribution in [0.5, 0.6) is 11.5 Å². The van der Waals surface area contributed by atoms with Gasteiger partial charge in [0.15, 0.2) is 6.10 Å². The first-order valence-corrected chi connectivity index (χ1v) is 9.13. The molecule has 5 nitrogen and oxygen atoms in total. The van der Waals surface area contributed by atoms with Crippen LogP contribution in [0.25, 0.3) is 0 Å². The Bertz CT molecular complexity index is 724. The third-order valence-corrected chi connectivity index (χ3v) is 4.60. The molecule has 1 aliphatic heterocycles. The van der Waals surface area contributed by atoms with Crippen molar-refractivity contribution in [1.29, 1.82) is 0 Å². The van der Waals surface area contributed by atoms with E-state index in [9.17, 15) is 4.79 Å². The van der Waals surface area contributed by atoms with Crippen LogP contribution in [0.1, 0.15) is 26.2 Å². The Kier molecular flexibility index (Phi) is 6.00. The zero-order chi connectivity index (χ0) is 18.4. The van der Waals surface area contributed by atoms with Gasteiger partial charge in [0.05, 0.1) is 18.5 Å². The molecule has 1 amide bonds. The van der Waals surface area contributed by atoms with Crippen LogP contribution in [0.2, 0.25) is 0 Å². The van der Waals surface area contributed by atoms with Crippen LogP contribution in [-0.4, -0.2) is 32.2 Å². The third-order valence-electron chi connectivity index (χ3n) is 4.60. The number of amides is 1. The zero-order valence-electron chi connectivity index (χ0n) is 15.4. The maximum absolute atomic E-state index is 12.6. The number of benzene rings is 2. The van der Waals surface area contributed by atoms with E-state index in [2.05, 4.69) is 16.3 Å².